The number of aliphatic hydroxyl groups excluding tert-OH is 1. The van der Waals surface area contributed by atoms with Gasteiger partial charge in [-0.1, -0.05) is 24.8 Å². The van der Waals surface area contributed by atoms with Crippen LogP contribution in [0, 0.1) is 0 Å². The van der Waals surface area contributed by atoms with E-state index in [2.05, 4.69) is 11.9 Å². The zero-order chi connectivity index (χ0) is 13.4. The summed E-state index contributed by atoms with van der Waals surface area (Å²) in [5.74, 6) is 0.806. The Morgan fingerprint density at radius 3 is 2.61 bits per heavy atom. The van der Waals surface area contributed by atoms with Crippen LogP contribution in [0.1, 0.15) is 12.5 Å². The van der Waals surface area contributed by atoms with Gasteiger partial charge < -0.3 is 20.3 Å². The number of aliphatic hydroxyl groups is 2. The quantitative estimate of drug-likeness (QED) is 0.605. The highest BCUT2D eigenvalue weighted by Crippen LogP contribution is 2.12. The van der Waals surface area contributed by atoms with E-state index in [0.717, 1.165) is 11.3 Å². The van der Waals surface area contributed by atoms with Crippen molar-refractivity contribution in [2.24, 2.45) is 0 Å². The summed E-state index contributed by atoms with van der Waals surface area (Å²) in [5, 5.41) is 21.6. The van der Waals surface area contributed by atoms with E-state index < -0.39 is 5.60 Å². The molecular weight excluding hydrogens is 230 g/mol. The average Bonchev–Trinajstić information content (AvgIpc) is 2.38. The zero-order valence-electron chi connectivity index (χ0n) is 10.7. The second-order valence-electron chi connectivity index (χ2n) is 4.50. The summed E-state index contributed by atoms with van der Waals surface area (Å²) in [6.07, 6.45) is 1.70. The summed E-state index contributed by atoms with van der Waals surface area (Å²) in [5.41, 5.74) is 0.0159. The van der Waals surface area contributed by atoms with E-state index >= 15 is 0 Å². The molecule has 0 aromatic heterocycles. The van der Waals surface area contributed by atoms with Crippen LogP contribution in [0.4, 0.5) is 0 Å². The summed E-state index contributed by atoms with van der Waals surface area (Å²) in [6, 6.07) is 7.70. The van der Waals surface area contributed by atoms with E-state index in [4.69, 9.17) is 9.84 Å². The maximum atomic E-state index is 9.60. The van der Waals surface area contributed by atoms with E-state index in [9.17, 15) is 5.11 Å². The Labute approximate surface area is 108 Å². The molecule has 4 nitrogen and oxygen atoms in total. The number of hydrogen-bond acceptors (Lipinski definition) is 4. The molecule has 1 unspecified atom stereocenters. The molecule has 0 aliphatic heterocycles. The fourth-order valence-corrected chi connectivity index (χ4v) is 1.39. The minimum atomic E-state index is -1.08. The lowest BCUT2D eigenvalue weighted by molar-refractivity contribution is 0.00254. The molecule has 1 atom stereocenters. The van der Waals surface area contributed by atoms with Crippen LogP contribution < -0.4 is 10.1 Å². The molecule has 3 N–H and O–H groups in total. The first-order chi connectivity index (χ1) is 8.57. The normalized spacial score (nSPS) is 13.9. The molecule has 0 spiro atoms. The Bertz CT molecular complexity index is 360. The minimum absolute atomic E-state index is 0.256. The Balaban J connectivity index is 2.37. The second-order valence-corrected chi connectivity index (χ2v) is 4.50. The van der Waals surface area contributed by atoms with Crippen LogP contribution >= 0.6 is 0 Å². The van der Waals surface area contributed by atoms with Gasteiger partial charge in [0.05, 0.1) is 12.2 Å². The Hall–Kier alpha value is -1.36. The van der Waals surface area contributed by atoms with Gasteiger partial charge >= 0.3 is 0 Å². The molecule has 0 saturated heterocycles. The lowest BCUT2D eigenvalue weighted by Crippen LogP contribution is -2.40. The number of benzene rings is 1. The highest BCUT2D eigenvalue weighted by Gasteiger charge is 2.17. The third-order valence-electron chi connectivity index (χ3n) is 2.47. The first-order valence-electron chi connectivity index (χ1n) is 5.94. The van der Waals surface area contributed by atoms with Crippen LogP contribution in [-0.4, -0.2) is 35.6 Å². The van der Waals surface area contributed by atoms with Gasteiger partial charge in [0.1, 0.15) is 12.4 Å². The number of nitrogens with one attached hydrogen (secondary N) is 1. The van der Waals surface area contributed by atoms with E-state index in [-0.39, 0.29) is 6.61 Å². The summed E-state index contributed by atoms with van der Waals surface area (Å²) >= 11 is 0. The molecule has 0 radical (unpaired) electrons. The Morgan fingerprint density at radius 1 is 1.39 bits per heavy atom. The standard InChI is InChI=1S/C14H21NO3/c1-3-8-18-13-6-4-12(5-7-13)9-15-10-14(2,17)11-16/h3-7,15-17H,1,8-11H2,2H3. The summed E-state index contributed by atoms with van der Waals surface area (Å²) in [7, 11) is 0. The molecule has 0 fully saturated rings. The fourth-order valence-electron chi connectivity index (χ4n) is 1.39. The van der Waals surface area contributed by atoms with Crippen molar-refractivity contribution in [3.05, 3.63) is 42.5 Å². The minimum Gasteiger partial charge on any atom is -0.490 e. The van der Waals surface area contributed by atoms with Gasteiger partial charge in [-0.2, -0.15) is 0 Å². The highest BCUT2D eigenvalue weighted by atomic mass is 16.5. The molecule has 4 heteroatoms. The summed E-state index contributed by atoms with van der Waals surface area (Å²) in [4.78, 5) is 0. The molecule has 18 heavy (non-hydrogen) atoms. The predicted molar refractivity (Wildman–Crippen MR) is 71.6 cm³/mol. The van der Waals surface area contributed by atoms with E-state index in [0.29, 0.717) is 19.7 Å². The molecule has 0 amide bonds. The van der Waals surface area contributed by atoms with Gasteiger partial charge in [-0.15, -0.1) is 0 Å². The van der Waals surface area contributed by atoms with Gasteiger partial charge in [0.25, 0.3) is 0 Å². The summed E-state index contributed by atoms with van der Waals surface area (Å²) < 4.78 is 5.37. The topological polar surface area (TPSA) is 61.7 Å². The Kier molecular flexibility index (Phi) is 5.85. The lowest BCUT2D eigenvalue weighted by Gasteiger charge is -2.20. The fraction of sp³-hybridized carbons (Fsp3) is 0.429. The van der Waals surface area contributed by atoms with E-state index in [1.165, 1.54) is 0 Å². The molecule has 1 aromatic carbocycles. The van der Waals surface area contributed by atoms with Gasteiger partial charge in [-0.3, -0.25) is 0 Å². The smallest absolute Gasteiger partial charge is 0.119 e. The van der Waals surface area contributed by atoms with Crippen molar-refractivity contribution in [2.45, 2.75) is 19.1 Å². The Morgan fingerprint density at radius 2 is 2.06 bits per heavy atom. The van der Waals surface area contributed by atoms with Crippen LogP contribution in [0.5, 0.6) is 5.75 Å². The monoisotopic (exact) mass is 251 g/mol. The van der Waals surface area contributed by atoms with Gasteiger partial charge in [0.2, 0.25) is 0 Å². The van der Waals surface area contributed by atoms with Crippen LogP contribution in [-0.2, 0) is 6.54 Å². The van der Waals surface area contributed by atoms with Crippen molar-refractivity contribution in [1.29, 1.82) is 0 Å². The molecule has 0 heterocycles. The third kappa shape index (κ3) is 5.31. The van der Waals surface area contributed by atoms with Crippen molar-refractivity contribution in [3.8, 4) is 5.75 Å². The SMILES string of the molecule is C=CCOc1ccc(CNCC(C)(O)CO)cc1. The van der Waals surface area contributed by atoms with Crippen molar-refractivity contribution >= 4 is 0 Å². The van der Waals surface area contributed by atoms with Crippen LogP contribution in [0.25, 0.3) is 0 Å². The number of rotatable bonds is 8. The van der Waals surface area contributed by atoms with Gasteiger partial charge in [-0.05, 0) is 24.6 Å². The van der Waals surface area contributed by atoms with Gasteiger partial charge in [-0.25, -0.2) is 0 Å². The highest BCUT2D eigenvalue weighted by molar-refractivity contribution is 5.27. The van der Waals surface area contributed by atoms with Crippen LogP contribution in [0.15, 0.2) is 36.9 Å². The first-order valence-corrected chi connectivity index (χ1v) is 5.94. The first kappa shape index (κ1) is 14.7. The predicted octanol–water partition coefficient (Wildman–Crippen LogP) is 1.08. The maximum Gasteiger partial charge on any atom is 0.119 e. The van der Waals surface area contributed by atoms with Crippen molar-refractivity contribution in [3.63, 3.8) is 0 Å². The molecule has 100 valence electrons. The van der Waals surface area contributed by atoms with Crippen LogP contribution in [0.3, 0.4) is 0 Å². The van der Waals surface area contributed by atoms with Crippen molar-refractivity contribution < 1.29 is 14.9 Å². The molecule has 0 aliphatic carbocycles. The van der Waals surface area contributed by atoms with E-state index in [1.807, 2.05) is 24.3 Å². The molecule has 1 aromatic rings. The average molecular weight is 251 g/mol. The van der Waals surface area contributed by atoms with Crippen LogP contribution in [0.2, 0.25) is 0 Å². The number of hydrogen-bond donors (Lipinski definition) is 3. The van der Waals surface area contributed by atoms with Gasteiger partial charge in [0.15, 0.2) is 0 Å². The number of ether oxygens (including phenoxy) is 1. The third-order valence-corrected chi connectivity index (χ3v) is 2.47. The lowest BCUT2D eigenvalue weighted by atomic mass is 10.1. The largest absolute Gasteiger partial charge is 0.490 e. The van der Waals surface area contributed by atoms with E-state index in [1.54, 1.807) is 13.0 Å². The van der Waals surface area contributed by atoms with Gasteiger partial charge in [0, 0.05) is 13.1 Å². The van der Waals surface area contributed by atoms with Crippen molar-refractivity contribution in [1.82, 2.24) is 5.32 Å². The molecule has 0 saturated carbocycles. The molecule has 0 bridgehead atoms. The van der Waals surface area contributed by atoms with Crippen molar-refractivity contribution in [2.75, 3.05) is 19.8 Å². The maximum absolute atomic E-state index is 9.60. The molecule has 0 aliphatic rings. The molecular formula is C14H21NO3. The second kappa shape index (κ2) is 7.16. The zero-order valence-corrected chi connectivity index (χ0v) is 10.7. The summed E-state index contributed by atoms with van der Waals surface area (Å²) in [6.45, 7) is 6.40. The molecule has 1 rings (SSSR count).